The zero-order valence-electron chi connectivity index (χ0n) is 7.43. The van der Waals surface area contributed by atoms with Crippen molar-refractivity contribution in [2.45, 2.75) is 28.7 Å². The Hall–Kier alpha value is 0.269. The second kappa shape index (κ2) is 7.38. The van der Waals surface area contributed by atoms with Crippen LogP contribution in [0.5, 0.6) is 0 Å². The molecular formula is C7H17O2Sn. The van der Waals surface area contributed by atoms with Crippen LogP contribution in [0.3, 0.4) is 0 Å². The van der Waals surface area contributed by atoms with Gasteiger partial charge in [0, 0.05) is 0 Å². The van der Waals surface area contributed by atoms with Gasteiger partial charge in [-0.1, -0.05) is 13.8 Å². The first-order chi connectivity index (χ1) is 4.37. The van der Waals surface area contributed by atoms with E-state index in [4.69, 9.17) is 5.11 Å². The normalized spacial score (nSPS) is 9.10. The summed E-state index contributed by atoms with van der Waals surface area (Å²) in [5.41, 5.74) is 0. The first-order valence-corrected chi connectivity index (χ1v) is 11.9. The van der Waals surface area contributed by atoms with Crippen LogP contribution in [0.4, 0.5) is 0 Å². The fraction of sp³-hybridized carbons (Fsp3) is 0.857. The quantitative estimate of drug-likeness (QED) is 0.725. The van der Waals surface area contributed by atoms with Gasteiger partial charge in [-0.3, -0.25) is 4.79 Å². The Balaban J connectivity index is 0. The van der Waals surface area contributed by atoms with E-state index in [0.717, 1.165) is 0 Å². The predicted molar refractivity (Wildman–Crippen MR) is 45.8 cm³/mol. The summed E-state index contributed by atoms with van der Waals surface area (Å²) in [4.78, 5) is 16.8. The van der Waals surface area contributed by atoms with Crippen molar-refractivity contribution < 1.29 is 9.90 Å². The van der Waals surface area contributed by atoms with E-state index in [0.29, 0.717) is 0 Å². The standard InChI is InChI=1S/C4H8O2.3CH3.Sn/c1-3(2)4(5)6;;;;/h3H,1-2H3,(H,5,6);3*1H3;. The molecule has 61 valence electrons. The number of hydrogen-bond acceptors (Lipinski definition) is 1. The molecule has 1 radical (unpaired) electrons. The second-order valence-corrected chi connectivity index (χ2v) is 11.6. The van der Waals surface area contributed by atoms with Crippen LogP contribution < -0.4 is 0 Å². The minimum absolute atomic E-state index is 0.231. The van der Waals surface area contributed by atoms with Gasteiger partial charge in [-0.15, -0.1) is 0 Å². The van der Waals surface area contributed by atoms with E-state index < -0.39 is 25.7 Å². The molecule has 3 heteroatoms. The molecule has 0 amide bonds. The van der Waals surface area contributed by atoms with E-state index in [1.807, 2.05) is 0 Å². The average molecular weight is 252 g/mol. The molecular weight excluding hydrogens is 235 g/mol. The molecule has 0 aromatic heterocycles. The summed E-state index contributed by atoms with van der Waals surface area (Å²) in [6.07, 6.45) is 0. The Morgan fingerprint density at radius 2 is 1.40 bits per heavy atom. The van der Waals surface area contributed by atoms with Gasteiger partial charge in [0.05, 0.1) is 5.92 Å². The van der Waals surface area contributed by atoms with Crippen LogP contribution in [0.15, 0.2) is 0 Å². The summed E-state index contributed by atoms with van der Waals surface area (Å²) < 4.78 is 0. The number of aliphatic carboxylic acids is 1. The van der Waals surface area contributed by atoms with E-state index >= 15 is 0 Å². The van der Waals surface area contributed by atoms with Gasteiger partial charge in [-0.2, -0.15) is 0 Å². The van der Waals surface area contributed by atoms with Crippen LogP contribution >= 0.6 is 0 Å². The third kappa shape index (κ3) is 24.0. The van der Waals surface area contributed by atoms with Crippen LogP contribution in [0, 0.1) is 5.92 Å². The molecule has 0 atom stereocenters. The van der Waals surface area contributed by atoms with Gasteiger partial charge in [-0.25, -0.2) is 0 Å². The fourth-order valence-electron chi connectivity index (χ4n) is 0. The molecule has 0 rings (SSSR count). The summed E-state index contributed by atoms with van der Waals surface area (Å²) in [7, 11) is 0. The minimum atomic E-state index is -0.741. The second-order valence-electron chi connectivity index (χ2n) is 2.99. The van der Waals surface area contributed by atoms with Crippen LogP contribution in [-0.2, 0) is 4.79 Å². The van der Waals surface area contributed by atoms with Crippen molar-refractivity contribution in [3.05, 3.63) is 0 Å². The summed E-state index contributed by atoms with van der Waals surface area (Å²) in [6.45, 7) is 3.28. The van der Waals surface area contributed by atoms with Crippen molar-refractivity contribution >= 4 is 25.7 Å². The summed E-state index contributed by atoms with van der Waals surface area (Å²) >= 11 is -0.543. The van der Waals surface area contributed by atoms with Crippen molar-refractivity contribution in [3.8, 4) is 0 Å². The number of rotatable bonds is 1. The predicted octanol–water partition coefficient (Wildman–Crippen LogP) is 2.10. The van der Waals surface area contributed by atoms with Crippen molar-refractivity contribution in [2.75, 3.05) is 0 Å². The molecule has 0 heterocycles. The molecule has 2 nitrogen and oxygen atoms in total. The Bertz CT molecular complexity index is 86.9. The van der Waals surface area contributed by atoms with Gasteiger partial charge in [0.2, 0.25) is 0 Å². The monoisotopic (exact) mass is 253 g/mol. The molecule has 0 unspecified atom stereocenters. The molecule has 1 N–H and O–H groups in total. The summed E-state index contributed by atoms with van der Waals surface area (Å²) in [6, 6.07) is 0. The number of hydrogen-bond donors (Lipinski definition) is 1. The fourth-order valence-corrected chi connectivity index (χ4v) is 0. The number of carbonyl (C=O) groups is 1. The van der Waals surface area contributed by atoms with Gasteiger partial charge in [0.15, 0.2) is 0 Å². The van der Waals surface area contributed by atoms with Crippen molar-refractivity contribution in [3.63, 3.8) is 0 Å². The van der Waals surface area contributed by atoms with Crippen LogP contribution in [0.2, 0.25) is 14.8 Å². The molecule has 0 bridgehead atoms. The van der Waals surface area contributed by atoms with Crippen LogP contribution in [-0.4, -0.2) is 30.8 Å². The molecule has 0 aliphatic carbocycles. The number of carboxylic acid groups (broad SMARTS) is 1. The van der Waals surface area contributed by atoms with Crippen molar-refractivity contribution in [1.29, 1.82) is 0 Å². The van der Waals surface area contributed by atoms with Crippen molar-refractivity contribution in [2.24, 2.45) is 5.92 Å². The maximum absolute atomic E-state index is 9.70. The third-order valence-corrected chi connectivity index (χ3v) is 0.494. The average Bonchev–Trinajstić information content (AvgIpc) is 1.63. The van der Waals surface area contributed by atoms with Crippen LogP contribution in [0.1, 0.15) is 13.8 Å². The van der Waals surface area contributed by atoms with Crippen molar-refractivity contribution in [1.82, 2.24) is 0 Å². The van der Waals surface area contributed by atoms with Gasteiger partial charge < -0.3 is 5.11 Å². The molecule has 0 fully saturated rings. The Morgan fingerprint density at radius 3 is 1.40 bits per heavy atom. The molecule has 0 saturated heterocycles. The van der Waals surface area contributed by atoms with E-state index in [1.54, 1.807) is 13.8 Å². The zero-order valence-corrected chi connectivity index (χ0v) is 10.3. The van der Waals surface area contributed by atoms with E-state index in [-0.39, 0.29) is 5.92 Å². The van der Waals surface area contributed by atoms with Gasteiger partial charge in [0.1, 0.15) is 0 Å². The molecule has 0 aromatic rings. The SMILES string of the molecule is CC(C)C(=O)O.[CH3][Sn]([CH3])[CH3]. The Kier molecular flexibility index (Phi) is 9.52. The zero-order chi connectivity index (χ0) is 8.73. The molecule has 0 aromatic carbocycles. The van der Waals surface area contributed by atoms with Gasteiger partial charge in [-0.05, 0) is 0 Å². The Morgan fingerprint density at radius 1 is 1.30 bits per heavy atom. The summed E-state index contributed by atoms with van der Waals surface area (Å²) in [5, 5.41) is 7.99. The first-order valence-electron chi connectivity index (χ1n) is 3.37. The third-order valence-electron chi connectivity index (χ3n) is 0.494. The Labute approximate surface area is 70.4 Å². The van der Waals surface area contributed by atoms with Gasteiger partial charge in [0.25, 0.3) is 0 Å². The summed E-state index contributed by atoms with van der Waals surface area (Å²) in [5.74, 6) is -0.972. The van der Waals surface area contributed by atoms with Crippen LogP contribution in [0.25, 0.3) is 0 Å². The number of carboxylic acids is 1. The van der Waals surface area contributed by atoms with E-state index in [9.17, 15) is 4.79 Å². The first kappa shape index (κ1) is 12.9. The van der Waals surface area contributed by atoms with E-state index in [2.05, 4.69) is 14.8 Å². The molecule has 0 aliphatic heterocycles. The molecule has 0 aliphatic rings. The molecule has 10 heavy (non-hydrogen) atoms. The maximum atomic E-state index is 9.70. The molecule has 0 spiro atoms. The van der Waals surface area contributed by atoms with Gasteiger partial charge >= 0.3 is 40.5 Å². The van der Waals surface area contributed by atoms with E-state index in [1.165, 1.54) is 0 Å². The topological polar surface area (TPSA) is 37.3 Å². The molecule has 0 saturated carbocycles.